The summed E-state index contributed by atoms with van der Waals surface area (Å²) < 4.78 is 71.1. The van der Waals surface area contributed by atoms with E-state index in [0.717, 1.165) is 0 Å². The molecule has 0 heterocycles. The molecule has 9 heteroatoms. The first-order chi connectivity index (χ1) is 6.51. The smallest absolute Gasteiger partial charge is 0.404 e. The van der Waals surface area contributed by atoms with Crippen LogP contribution in [0, 0.1) is 5.92 Å². The highest BCUT2D eigenvalue weighted by atomic mass is 19.4. The van der Waals surface area contributed by atoms with Crippen molar-refractivity contribution in [2.75, 3.05) is 0 Å². The van der Waals surface area contributed by atoms with E-state index in [1.54, 1.807) is 0 Å². The van der Waals surface area contributed by atoms with Crippen LogP contribution in [0.4, 0.5) is 26.3 Å². The summed E-state index contributed by atoms with van der Waals surface area (Å²) in [5, 5.41) is 17.9. The minimum absolute atomic E-state index is 0.964. The van der Waals surface area contributed by atoms with Crippen molar-refractivity contribution in [1.82, 2.24) is 0 Å². The number of rotatable bonds is 2. The molecular formula is C6H3F6O3-. The molecule has 0 unspecified atom stereocenters. The maximum Gasteiger partial charge on any atom is 0.404 e. The van der Waals surface area contributed by atoms with Crippen LogP contribution in [-0.2, 0) is 4.79 Å². The molecule has 3 nitrogen and oxygen atoms in total. The van der Waals surface area contributed by atoms with Gasteiger partial charge in [0.05, 0.1) is 0 Å². The van der Waals surface area contributed by atoms with E-state index in [2.05, 4.69) is 0 Å². The van der Waals surface area contributed by atoms with Crippen LogP contribution in [0.3, 0.4) is 0 Å². The zero-order chi connectivity index (χ0) is 12.4. The summed E-state index contributed by atoms with van der Waals surface area (Å²) in [7, 11) is 0. The third-order valence-electron chi connectivity index (χ3n) is 1.34. The Morgan fingerprint density at radius 3 is 1.53 bits per heavy atom. The highest BCUT2D eigenvalue weighted by Crippen LogP contribution is 2.43. The molecule has 0 aromatic rings. The van der Waals surface area contributed by atoms with Gasteiger partial charge in [-0.05, 0) is 0 Å². The summed E-state index contributed by atoms with van der Waals surface area (Å²) >= 11 is 0. The fourth-order valence-corrected chi connectivity index (χ4v) is 0.780. The molecule has 0 fully saturated rings. The summed E-state index contributed by atoms with van der Waals surface area (Å²) in [6.45, 7) is 0. The molecule has 0 radical (unpaired) electrons. The number of carboxylic acids is 1. The number of hydrogen-bond donors (Lipinski definition) is 1. The van der Waals surface area contributed by atoms with Crippen LogP contribution in [-0.4, -0.2) is 23.4 Å². The Kier molecular flexibility index (Phi) is 3.61. The molecule has 15 heavy (non-hydrogen) atoms. The van der Waals surface area contributed by atoms with E-state index in [1.807, 2.05) is 0 Å². The largest absolute Gasteiger partial charge is 0.877 e. The van der Waals surface area contributed by atoms with Gasteiger partial charge in [0.1, 0.15) is 0 Å². The maximum atomic E-state index is 11.9. The molecule has 0 saturated carbocycles. The average molecular weight is 237 g/mol. The van der Waals surface area contributed by atoms with Gasteiger partial charge in [0, 0.05) is 5.57 Å². The van der Waals surface area contributed by atoms with Crippen molar-refractivity contribution < 1.29 is 41.4 Å². The fraction of sp³-hybridized carbons (Fsp3) is 0.500. The first kappa shape index (κ1) is 13.6. The van der Waals surface area contributed by atoms with Gasteiger partial charge in [-0.1, -0.05) is 0 Å². The van der Waals surface area contributed by atoms with Crippen LogP contribution in [0.25, 0.3) is 0 Å². The SMILES string of the molecule is O=C(O)C(=C[O-])C(C(F)(F)F)C(F)(F)F. The van der Waals surface area contributed by atoms with E-state index in [0.29, 0.717) is 0 Å². The van der Waals surface area contributed by atoms with Crippen LogP contribution in [0.1, 0.15) is 0 Å². The van der Waals surface area contributed by atoms with Crippen molar-refractivity contribution in [3.63, 3.8) is 0 Å². The Morgan fingerprint density at radius 1 is 1.13 bits per heavy atom. The molecule has 0 aromatic carbocycles. The van der Waals surface area contributed by atoms with E-state index in [-0.39, 0.29) is 0 Å². The zero-order valence-electron chi connectivity index (χ0n) is 6.69. The second kappa shape index (κ2) is 3.99. The monoisotopic (exact) mass is 237 g/mol. The van der Waals surface area contributed by atoms with Crippen molar-refractivity contribution in [3.8, 4) is 0 Å². The molecular weight excluding hydrogens is 234 g/mol. The molecule has 0 amide bonds. The number of carbonyl (C=O) groups is 1. The molecule has 0 spiro atoms. The summed E-state index contributed by atoms with van der Waals surface area (Å²) in [5.41, 5.74) is -2.28. The Morgan fingerprint density at radius 2 is 1.47 bits per heavy atom. The quantitative estimate of drug-likeness (QED) is 0.443. The van der Waals surface area contributed by atoms with E-state index in [4.69, 9.17) is 5.11 Å². The number of aliphatic carboxylic acids is 1. The Labute approximate surface area is 78.6 Å². The summed E-state index contributed by atoms with van der Waals surface area (Å²) in [4.78, 5) is 10.00. The predicted molar refractivity (Wildman–Crippen MR) is 31.3 cm³/mol. The standard InChI is InChI=1S/C6H4F6O3/c7-5(8,9)3(6(10,11)12)2(1-13)4(14)15/h1,3,13H,(H,14,15)/p-1. The summed E-state index contributed by atoms with van der Waals surface area (Å²) in [5.74, 6) is -6.82. The lowest BCUT2D eigenvalue weighted by Crippen LogP contribution is -2.40. The number of halogens is 6. The van der Waals surface area contributed by atoms with Gasteiger partial charge in [-0.25, -0.2) is 4.79 Å². The summed E-state index contributed by atoms with van der Waals surface area (Å²) in [6.07, 6.45) is -12.7. The summed E-state index contributed by atoms with van der Waals surface area (Å²) in [6, 6.07) is 0. The van der Waals surface area contributed by atoms with Crippen LogP contribution in [0.15, 0.2) is 11.8 Å². The molecule has 0 bridgehead atoms. The fourth-order valence-electron chi connectivity index (χ4n) is 0.780. The van der Waals surface area contributed by atoms with Crippen LogP contribution >= 0.6 is 0 Å². The first-order valence-electron chi connectivity index (χ1n) is 3.20. The van der Waals surface area contributed by atoms with E-state index >= 15 is 0 Å². The Balaban J connectivity index is 5.41. The molecule has 0 aliphatic heterocycles. The van der Waals surface area contributed by atoms with Gasteiger partial charge in [-0.15, -0.1) is 6.26 Å². The van der Waals surface area contributed by atoms with E-state index in [1.165, 1.54) is 0 Å². The molecule has 0 rings (SSSR count). The minimum Gasteiger partial charge on any atom is -0.877 e. The molecule has 88 valence electrons. The third-order valence-corrected chi connectivity index (χ3v) is 1.34. The lowest BCUT2D eigenvalue weighted by Gasteiger charge is -2.24. The van der Waals surface area contributed by atoms with Crippen LogP contribution < -0.4 is 5.11 Å². The maximum absolute atomic E-state index is 11.9. The third kappa shape index (κ3) is 3.33. The molecule has 0 aliphatic rings. The zero-order valence-corrected chi connectivity index (χ0v) is 6.69. The van der Waals surface area contributed by atoms with Gasteiger partial charge in [0.25, 0.3) is 0 Å². The van der Waals surface area contributed by atoms with Gasteiger partial charge >= 0.3 is 18.3 Å². The van der Waals surface area contributed by atoms with Crippen LogP contribution in [0.5, 0.6) is 0 Å². The van der Waals surface area contributed by atoms with Gasteiger partial charge < -0.3 is 10.2 Å². The molecule has 0 aliphatic carbocycles. The van der Waals surface area contributed by atoms with Gasteiger partial charge in [-0.2, -0.15) is 26.3 Å². The number of hydrogen-bond acceptors (Lipinski definition) is 2. The second-order valence-electron chi connectivity index (χ2n) is 2.39. The second-order valence-corrected chi connectivity index (χ2v) is 2.39. The Hall–Kier alpha value is -1.41. The highest BCUT2D eigenvalue weighted by molar-refractivity contribution is 5.87. The topological polar surface area (TPSA) is 60.4 Å². The molecule has 1 N–H and O–H groups in total. The Bertz CT molecular complexity index is 262. The van der Waals surface area contributed by atoms with Crippen LogP contribution in [0.2, 0.25) is 0 Å². The first-order valence-corrected chi connectivity index (χ1v) is 3.20. The van der Waals surface area contributed by atoms with Gasteiger partial charge in [-0.3, -0.25) is 0 Å². The van der Waals surface area contributed by atoms with E-state index in [9.17, 15) is 36.2 Å². The molecule has 0 atom stereocenters. The lowest BCUT2D eigenvalue weighted by molar-refractivity contribution is -0.293. The number of carboxylic acid groups (broad SMARTS) is 1. The minimum atomic E-state index is -5.87. The predicted octanol–water partition coefficient (Wildman–Crippen LogP) is 1.06. The average Bonchev–Trinajstić information content (AvgIpc) is 1.93. The van der Waals surface area contributed by atoms with Crippen molar-refractivity contribution in [2.24, 2.45) is 5.92 Å². The van der Waals surface area contributed by atoms with Gasteiger partial charge in [0.15, 0.2) is 5.92 Å². The number of alkyl halides is 6. The van der Waals surface area contributed by atoms with Crippen molar-refractivity contribution >= 4 is 5.97 Å². The molecule has 0 saturated heterocycles. The lowest BCUT2D eigenvalue weighted by atomic mass is 9.99. The van der Waals surface area contributed by atoms with Crippen molar-refractivity contribution in [1.29, 1.82) is 0 Å². The molecule has 0 aromatic heterocycles. The van der Waals surface area contributed by atoms with Crippen molar-refractivity contribution in [2.45, 2.75) is 12.4 Å². The normalized spacial score (nSPS) is 14.5. The van der Waals surface area contributed by atoms with Crippen molar-refractivity contribution in [3.05, 3.63) is 11.8 Å². The highest BCUT2D eigenvalue weighted by Gasteiger charge is 2.59. The van der Waals surface area contributed by atoms with Gasteiger partial charge in [0.2, 0.25) is 0 Å². The van der Waals surface area contributed by atoms with E-state index < -0.39 is 36.1 Å².